The largest absolute Gasteiger partial charge is 0.508 e. The highest BCUT2D eigenvalue weighted by molar-refractivity contribution is 5.59. The summed E-state index contributed by atoms with van der Waals surface area (Å²) in [5, 5.41) is 9.41. The Morgan fingerprint density at radius 3 is 2.67 bits per heavy atom. The van der Waals surface area contributed by atoms with E-state index in [4.69, 9.17) is 4.74 Å². The van der Waals surface area contributed by atoms with Crippen LogP contribution in [0.15, 0.2) is 24.0 Å². The van der Waals surface area contributed by atoms with Crippen molar-refractivity contribution in [3.05, 3.63) is 35.1 Å². The number of allylic oxidation sites excluding steroid dienone is 1. The molecule has 1 aromatic rings. The highest BCUT2D eigenvalue weighted by atomic mass is 16.5. The first kappa shape index (κ1) is 10.1. The fourth-order valence-electron chi connectivity index (χ4n) is 1.62. The van der Waals surface area contributed by atoms with E-state index in [1.54, 1.807) is 12.1 Å². The van der Waals surface area contributed by atoms with Crippen LogP contribution in [-0.4, -0.2) is 5.11 Å². The maximum atomic E-state index is 9.41. The second-order valence-corrected chi connectivity index (χ2v) is 4.93. The number of hydrogen-bond acceptors (Lipinski definition) is 2. The van der Waals surface area contributed by atoms with Crippen molar-refractivity contribution < 1.29 is 9.84 Å². The Morgan fingerprint density at radius 1 is 1.27 bits per heavy atom. The minimum absolute atomic E-state index is 0.0170. The van der Waals surface area contributed by atoms with Gasteiger partial charge in [-0.15, -0.1) is 0 Å². The molecule has 15 heavy (non-hydrogen) atoms. The molecule has 0 aliphatic carbocycles. The maximum absolute atomic E-state index is 9.41. The second-order valence-electron chi connectivity index (χ2n) is 4.93. The average molecular weight is 204 g/mol. The molecule has 2 heteroatoms. The van der Waals surface area contributed by atoms with Crippen molar-refractivity contribution in [2.75, 3.05) is 0 Å². The van der Waals surface area contributed by atoms with Crippen molar-refractivity contribution in [3.8, 4) is 5.75 Å². The van der Waals surface area contributed by atoms with E-state index in [2.05, 4.69) is 20.8 Å². The lowest BCUT2D eigenvalue weighted by atomic mass is 9.90. The number of phenols is 1. The molecule has 80 valence electrons. The van der Waals surface area contributed by atoms with E-state index < -0.39 is 0 Å². The minimum atomic E-state index is 0.0170. The van der Waals surface area contributed by atoms with E-state index in [1.807, 2.05) is 12.1 Å². The molecular formula is C13H16O2. The van der Waals surface area contributed by atoms with Gasteiger partial charge in [0.15, 0.2) is 0 Å². The lowest BCUT2D eigenvalue weighted by Gasteiger charge is -2.27. The summed E-state index contributed by atoms with van der Waals surface area (Å²) in [5.74, 6) is 1.28. The smallest absolute Gasteiger partial charge is 0.116 e. The Morgan fingerprint density at radius 2 is 2.00 bits per heavy atom. The molecule has 0 saturated heterocycles. The Kier molecular flexibility index (Phi) is 2.22. The van der Waals surface area contributed by atoms with Crippen LogP contribution in [0.25, 0.3) is 6.08 Å². The number of rotatable bonds is 0. The van der Waals surface area contributed by atoms with Crippen molar-refractivity contribution >= 4 is 6.08 Å². The van der Waals surface area contributed by atoms with Crippen molar-refractivity contribution in [2.45, 2.75) is 27.4 Å². The first-order valence-electron chi connectivity index (χ1n) is 5.14. The molecule has 0 unspecified atom stereocenters. The number of aromatic hydroxyl groups is 1. The Hall–Kier alpha value is -1.44. The number of fused-ring (bicyclic) bond motifs is 1. The van der Waals surface area contributed by atoms with Gasteiger partial charge in [0, 0.05) is 5.41 Å². The fourth-order valence-corrected chi connectivity index (χ4v) is 1.62. The van der Waals surface area contributed by atoms with Gasteiger partial charge in [0.1, 0.15) is 18.1 Å². The second kappa shape index (κ2) is 3.30. The van der Waals surface area contributed by atoms with Gasteiger partial charge in [0.2, 0.25) is 0 Å². The van der Waals surface area contributed by atoms with Crippen LogP contribution in [0.1, 0.15) is 31.9 Å². The lowest BCUT2D eigenvalue weighted by molar-refractivity contribution is 0.139. The summed E-state index contributed by atoms with van der Waals surface area (Å²) in [6.07, 6.45) is 2.01. The third-order valence-electron chi connectivity index (χ3n) is 2.54. The first-order valence-corrected chi connectivity index (χ1v) is 5.14. The molecular weight excluding hydrogens is 188 g/mol. The van der Waals surface area contributed by atoms with Crippen LogP contribution < -0.4 is 0 Å². The standard InChI is InChI=1S/C13H16O2/c1-13(2,3)12-7-10-6-11(14)5-4-9(10)8-15-12/h4-7,14H,8H2,1-3H3. The molecule has 0 radical (unpaired) electrons. The van der Waals surface area contributed by atoms with Gasteiger partial charge >= 0.3 is 0 Å². The quantitative estimate of drug-likeness (QED) is 0.702. The number of hydrogen-bond donors (Lipinski definition) is 1. The van der Waals surface area contributed by atoms with Gasteiger partial charge in [-0.2, -0.15) is 0 Å². The summed E-state index contributed by atoms with van der Waals surface area (Å²) in [7, 11) is 0. The topological polar surface area (TPSA) is 29.5 Å². The molecule has 1 aromatic carbocycles. The summed E-state index contributed by atoms with van der Waals surface area (Å²) < 4.78 is 5.69. The van der Waals surface area contributed by atoms with Gasteiger partial charge in [-0.05, 0) is 29.3 Å². The van der Waals surface area contributed by atoms with E-state index >= 15 is 0 Å². The van der Waals surface area contributed by atoms with Crippen LogP contribution in [0.3, 0.4) is 0 Å². The van der Waals surface area contributed by atoms with Crippen molar-refractivity contribution in [2.24, 2.45) is 5.41 Å². The van der Waals surface area contributed by atoms with Crippen LogP contribution in [0.5, 0.6) is 5.75 Å². The fraction of sp³-hybridized carbons (Fsp3) is 0.385. The molecule has 0 fully saturated rings. The predicted octanol–water partition coefficient (Wildman–Crippen LogP) is 3.31. The molecule has 2 nitrogen and oxygen atoms in total. The zero-order chi connectivity index (χ0) is 11.1. The predicted molar refractivity (Wildman–Crippen MR) is 60.3 cm³/mol. The number of ether oxygens (including phenoxy) is 1. The Bertz CT molecular complexity index is 411. The molecule has 1 aliphatic heterocycles. The molecule has 0 bridgehead atoms. The molecule has 1 heterocycles. The van der Waals surface area contributed by atoms with E-state index in [0.29, 0.717) is 12.4 Å². The minimum Gasteiger partial charge on any atom is -0.508 e. The van der Waals surface area contributed by atoms with Gasteiger partial charge in [-0.1, -0.05) is 26.8 Å². The normalized spacial score (nSPS) is 15.3. The van der Waals surface area contributed by atoms with Crippen molar-refractivity contribution in [3.63, 3.8) is 0 Å². The third kappa shape index (κ3) is 1.99. The molecule has 2 rings (SSSR count). The summed E-state index contributed by atoms with van der Waals surface area (Å²) in [6.45, 7) is 6.95. The summed E-state index contributed by atoms with van der Waals surface area (Å²) in [4.78, 5) is 0. The highest BCUT2D eigenvalue weighted by Crippen LogP contribution is 2.34. The number of benzene rings is 1. The molecule has 1 aliphatic rings. The Labute approximate surface area is 90.2 Å². The van der Waals surface area contributed by atoms with Crippen LogP contribution in [0.2, 0.25) is 0 Å². The van der Waals surface area contributed by atoms with Crippen LogP contribution in [0.4, 0.5) is 0 Å². The number of phenolic OH excluding ortho intramolecular Hbond substituents is 1. The van der Waals surface area contributed by atoms with Crippen molar-refractivity contribution in [1.82, 2.24) is 0 Å². The highest BCUT2D eigenvalue weighted by Gasteiger charge is 2.22. The monoisotopic (exact) mass is 204 g/mol. The molecule has 0 atom stereocenters. The van der Waals surface area contributed by atoms with Gasteiger partial charge in [0.05, 0.1) is 0 Å². The third-order valence-corrected chi connectivity index (χ3v) is 2.54. The molecule has 0 saturated carbocycles. The van der Waals surface area contributed by atoms with Crippen molar-refractivity contribution in [1.29, 1.82) is 0 Å². The van der Waals surface area contributed by atoms with E-state index in [9.17, 15) is 5.11 Å². The molecule has 0 amide bonds. The van der Waals surface area contributed by atoms with Crippen LogP contribution >= 0.6 is 0 Å². The zero-order valence-electron chi connectivity index (χ0n) is 9.37. The molecule has 1 N–H and O–H groups in total. The zero-order valence-corrected chi connectivity index (χ0v) is 9.37. The van der Waals surface area contributed by atoms with Gasteiger partial charge < -0.3 is 9.84 Å². The van der Waals surface area contributed by atoms with Gasteiger partial charge in [-0.3, -0.25) is 0 Å². The average Bonchev–Trinajstić information content (AvgIpc) is 2.15. The van der Waals surface area contributed by atoms with E-state index in [-0.39, 0.29) is 5.41 Å². The molecule has 0 aromatic heterocycles. The Balaban J connectivity index is 2.44. The van der Waals surface area contributed by atoms with E-state index in [0.717, 1.165) is 16.9 Å². The van der Waals surface area contributed by atoms with E-state index in [1.165, 1.54) is 0 Å². The molecule has 0 spiro atoms. The summed E-state index contributed by atoms with van der Waals surface area (Å²) in [6, 6.07) is 5.38. The van der Waals surface area contributed by atoms with Crippen LogP contribution in [-0.2, 0) is 11.3 Å². The maximum Gasteiger partial charge on any atom is 0.116 e. The van der Waals surface area contributed by atoms with Gasteiger partial charge in [0.25, 0.3) is 0 Å². The first-order chi connectivity index (χ1) is 6.97. The SMILES string of the molecule is CC(C)(C)C1=Cc2cc(O)ccc2CO1. The lowest BCUT2D eigenvalue weighted by Crippen LogP contribution is -2.15. The summed E-state index contributed by atoms with van der Waals surface area (Å²) >= 11 is 0. The van der Waals surface area contributed by atoms with Gasteiger partial charge in [-0.25, -0.2) is 0 Å². The van der Waals surface area contributed by atoms with Crippen LogP contribution in [0, 0.1) is 5.41 Å². The summed E-state index contributed by atoms with van der Waals surface area (Å²) in [5.41, 5.74) is 2.20.